The summed E-state index contributed by atoms with van der Waals surface area (Å²) < 4.78 is 0. The van der Waals surface area contributed by atoms with Crippen molar-refractivity contribution in [3.63, 3.8) is 0 Å². The minimum absolute atomic E-state index is 0.187. The average Bonchev–Trinajstić information content (AvgIpc) is 3.07. The maximum absolute atomic E-state index is 11.4. The third-order valence-corrected chi connectivity index (χ3v) is 7.83. The number of carboxylic acid groups (broad SMARTS) is 2. The van der Waals surface area contributed by atoms with Crippen molar-refractivity contribution in [2.45, 2.75) is 71.1 Å². The maximum atomic E-state index is 11.4. The zero-order chi connectivity index (χ0) is 27.2. The molecule has 0 fully saturated rings. The standard InChI is InChI=1S/C30H35ClN2O4/c1-4-20-16-21(28(31)22(17-20)18-23(19-32)29(36)37)13-14-26-30(2,3)24-10-7-8-11-25(24)33(26)15-9-5-6-12-27(34)35/h7-8,10-11,13-14,18,20H,4-6,9,12,15-17H2,1-3H3,(H,34,35)(H,36,37)/b21-13+,23-18+,26-14+. The van der Waals surface area contributed by atoms with E-state index >= 15 is 0 Å². The van der Waals surface area contributed by atoms with E-state index in [1.54, 1.807) is 6.07 Å². The average molecular weight is 523 g/mol. The third kappa shape index (κ3) is 6.53. The lowest BCUT2D eigenvalue weighted by atomic mass is 9.82. The number of carboxylic acids is 2. The van der Waals surface area contributed by atoms with Crippen molar-refractivity contribution in [2.75, 3.05) is 11.4 Å². The highest BCUT2D eigenvalue weighted by Gasteiger charge is 2.39. The van der Waals surface area contributed by atoms with Crippen molar-refractivity contribution in [2.24, 2.45) is 5.92 Å². The number of halogens is 1. The monoisotopic (exact) mass is 522 g/mol. The topological polar surface area (TPSA) is 102 Å². The normalized spacial score (nSPS) is 21.3. The van der Waals surface area contributed by atoms with Crippen LogP contribution in [0.3, 0.4) is 0 Å². The number of anilines is 1. The second-order valence-electron chi connectivity index (χ2n) is 10.2. The molecule has 1 unspecified atom stereocenters. The second kappa shape index (κ2) is 12.3. The third-order valence-electron chi connectivity index (χ3n) is 7.34. The number of nitrogens with zero attached hydrogens (tertiary/aromatic N) is 2. The number of benzene rings is 1. The number of hydrogen-bond acceptors (Lipinski definition) is 4. The number of carbonyl (C=O) groups is 2. The summed E-state index contributed by atoms with van der Waals surface area (Å²) >= 11 is 6.78. The number of aliphatic carboxylic acids is 2. The van der Waals surface area contributed by atoms with Crippen molar-refractivity contribution >= 4 is 29.2 Å². The molecule has 3 rings (SSSR count). The molecule has 7 heteroatoms. The molecule has 1 aliphatic heterocycles. The number of hydrogen-bond donors (Lipinski definition) is 2. The Kier molecular flexibility index (Phi) is 9.39. The number of rotatable bonds is 10. The molecule has 0 radical (unpaired) electrons. The highest BCUT2D eigenvalue weighted by atomic mass is 35.5. The molecule has 196 valence electrons. The Hall–Kier alpha value is -3.30. The first kappa shape index (κ1) is 28.3. The first-order valence-corrected chi connectivity index (χ1v) is 13.2. The van der Waals surface area contributed by atoms with Gasteiger partial charge in [-0.1, -0.05) is 69.5 Å². The number of para-hydroxylation sites is 1. The summed E-state index contributed by atoms with van der Waals surface area (Å²) in [6.45, 7) is 7.29. The molecule has 0 spiro atoms. The molecule has 0 amide bonds. The summed E-state index contributed by atoms with van der Waals surface area (Å²) in [7, 11) is 0. The van der Waals surface area contributed by atoms with Gasteiger partial charge >= 0.3 is 11.9 Å². The summed E-state index contributed by atoms with van der Waals surface area (Å²) in [5.74, 6) is -1.71. The van der Waals surface area contributed by atoms with Gasteiger partial charge in [-0.2, -0.15) is 5.26 Å². The predicted molar refractivity (Wildman–Crippen MR) is 146 cm³/mol. The number of unbranched alkanes of at least 4 members (excludes halogenated alkanes) is 2. The van der Waals surface area contributed by atoms with Crippen LogP contribution in [0.15, 0.2) is 69.9 Å². The molecular weight excluding hydrogens is 488 g/mol. The van der Waals surface area contributed by atoms with E-state index in [0.717, 1.165) is 49.2 Å². The van der Waals surface area contributed by atoms with Gasteiger partial charge in [0.05, 0.1) is 0 Å². The van der Waals surface area contributed by atoms with Gasteiger partial charge in [0.25, 0.3) is 0 Å². The van der Waals surface area contributed by atoms with Crippen LogP contribution in [0.5, 0.6) is 0 Å². The summed E-state index contributed by atoms with van der Waals surface area (Å²) in [4.78, 5) is 24.6. The Balaban J connectivity index is 1.98. The van der Waals surface area contributed by atoms with Crippen LogP contribution in [0.4, 0.5) is 5.69 Å². The molecule has 0 saturated carbocycles. The van der Waals surface area contributed by atoms with Crippen molar-refractivity contribution in [1.82, 2.24) is 0 Å². The van der Waals surface area contributed by atoms with E-state index in [1.165, 1.54) is 11.6 Å². The fraction of sp³-hybridized carbons (Fsp3) is 0.433. The van der Waals surface area contributed by atoms with Crippen LogP contribution in [0.25, 0.3) is 0 Å². The highest BCUT2D eigenvalue weighted by molar-refractivity contribution is 6.32. The minimum atomic E-state index is -1.25. The van der Waals surface area contributed by atoms with E-state index in [-0.39, 0.29) is 17.4 Å². The first-order chi connectivity index (χ1) is 17.6. The molecular formula is C30H35ClN2O4. The van der Waals surface area contributed by atoms with E-state index in [4.69, 9.17) is 16.7 Å². The largest absolute Gasteiger partial charge is 0.481 e. The summed E-state index contributed by atoms with van der Waals surface area (Å²) in [6.07, 6.45) is 10.5. The SMILES string of the molecule is CCC1CC(/C=C(\C#N)C(=O)O)=C(Cl)C(=C/C=C2/N(CCCCCC(=O)O)c3ccccc3C2(C)C)/C1. The fourth-order valence-corrected chi connectivity index (χ4v) is 5.50. The van der Waals surface area contributed by atoms with E-state index < -0.39 is 11.9 Å². The van der Waals surface area contributed by atoms with E-state index in [2.05, 4.69) is 43.9 Å². The molecule has 0 aromatic heterocycles. The summed E-state index contributed by atoms with van der Waals surface area (Å²) in [5.41, 5.74) is 4.62. The Bertz CT molecular complexity index is 1220. The van der Waals surface area contributed by atoms with Crippen molar-refractivity contribution < 1.29 is 19.8 Å². The Morgan fingerprint density at radius 2 is 1.89 bits per heavy atom. The van der Waals surface area contributed by atoms with Gasteiger partial charge < -0.3 is 15.1 Å². The van der Waals surface area contributed by atoms with Gasteiger partial charge in [-0.05, 0) is 66.5 Å². The van der Waals surface area contributed by atoms with Crippen molar-refractivity contribution in [1.29, 1.82) is 5.26 Å². The molecule has 0 saturated heterocycles. The Morgan fingerprint density at radius 3 is 2.54 bits per heavy atom. The van der Waals surface area contributed by atoms with Crippen LogP contribution in [0, 0.1) is 17.2 Å². The highest BCUT2D eigenvalue weighted by Crippen LogP contribution is 2.48. The molecule has 2 N–H and O–H groups in total. The molecule has 1 atom stereocenters. The summed E-state index contributed by atoms with van der Waals surface area (Å²) in [6, 6.07) is 10.1. The van der Waals surface area contributed by atoms with Crippen molar-refractivity contribution in [3.8, 4) is 6.07 Å². The van der Waals surface area contributed by atoms with Crippen LogP contribution in [-0.2, 0) is 15.0 Å². The van der Waals surface area contributed by atoms with Crippen LogP contribution in [0.1, 0.15) is 71.3 Å². The maximum Gasteiger partial charge on any atom is 0.346 e. The van der Waals surface area contributed by atoms with Gasteiger partial charge in [-0.3, -0.25) is 4.79 Å². The van der Waals surface area contributed by atoms with Gasteiger partial charge in [0.1, 0.15) is 11.6 Å². The van der Waals surface area contributed by atoms with E-state index in [1.807, 2.05) is 18.2 Å². The predicted octanol–water partition coefficient (Wildman–Crippen LogP) is 7.09. The van der Waals surface area contributed by atoms with Crippen LogP contribution in [-0.4, -0.2) is 28.7 Å². The zero-order valence-corrected chi connectivity index (χ0v) is 22.5. The second-order valence-corrected chi connectivity index (χ2v) is 10.6. The first-order valence-electron chi connectivity index (χ1n) is 12.8. The molecule has 6 nitrogen and oxygen atoms in total. The molecule has 1 aromatic rings. The van der Waals surface area contributed by atoms with Gasteiger partial charge in [-0.25, -0.2) is 4.79 Å². The zero-order valence-electron chi connectivity index (χ0n) is 21.8. The molecule has 1 aromatic carbocycles. The molecule has 37 heavy (non-hydrogen) atoms. The van der Waals surface area contributed by atoms with Gasteiger partial charge in [0, 0.05) is 34.8 Å². The summed E-state index contributed by atoms with van der Waals surface area (Å²) in [5, 5.41) is 28.0. The fourth-order valence-electron chi connectivity index (χ4n) is 5.23. The number of fused-ring (bicyclic) bond motifs is 1. The van der Waals surface area contributed by atoms with Gasteiger partial charge in [0.15, 0.2) is 0 Å². The van der Waals surface area contributed by atoms with E-state index in [9.17, 15) is 20.0 Å². The molecule has 1 aliphatic carbocycles. The Morgan fingerprint density at radius 1 is 1.16 bits per heavy atom. The lowest BCUT2D eigenvalue weighted by Gasteiger charge is -2.28. The minimum Gasteiger partial charge on any atom is -0.481 e. The van der Waals surface area contributed by atoms with Crippen LogP contribution < -0.4 is 4.90 Å². The van der Waals surface area contributed by atoms with E-state index in [0.29, 0.717) is 29.4 Å². The quantitative estimate of drug-likeness (QED) is 0.193. The molecule has 2 aliphatic rings. The number of allylic oxidation sites excluding steroid dienone is 7. The smallest absolute Gasteiger partial charge is 0.346 e. The Labute approximate surface area is 224 Å². The van der Waals surface area contributed by atoms with Crippen LogP contribution in [0.2, 0.25) is 0 Å². The van der Waals surface area contributed by atoms with Crippen LogP contribution >= 0.6 is 11.6 Å². The van der Waals surface area contributed by atoms with Gasteiger partial charge in [-0.15, -0.1) is 0 Å². The lowest BCUT2D eigenvalue weighted by Crippen LogP contribution is -2.27. The lowest BCUT2D eigenvalue weighted by molar-refractivity contribution is -0.137. The molecule has 0 bridgehead atoms. The molecule has 1 heterocycles. The number of nitriles is 1. The van der Waals surface area contributed by atoms with Gasteiger partial charge in [0.2, 0.25) is 0 Å². The van der Waals surface area contributed by atoms with Crippen molar-refractivity contribution in [3.05, 3.63) is 75.5 Å².